The van der Waals surface area contributed by atoms with Crippen molar-refractivity contribution in [2.24, 2.45) is 0 Å². The van der Waals surface area contributed by atoms with Gasteiger partial charge in [-0.15, -0.1) is 0 Å². The Balaban J connectivity index is 1.83. The topological polar surface area (TPSA) is 86.2 Å². The standard InChI is InChI=1S/C23H25BrN4O3/c1-23(2,3)31-22(29)17(12-15-10-11-19(30-4)25-13-15)28-21-20(24)27-18(14-26-21)16-8-6-5-7-9-16/h5-11,13-14,17H,12H2,1-4H3,(H,26,28). The van der Waals surface area contributed by atoms with Gasteiger partial charge in [-0.3, -0.25) is 0 Å². The molecule has 3 aromatic rings. The highest BCUT2D eigenvalue weighted by molar-refractivity contribution is 9.10. The van der Waals surface area contributed by atoms with Crippen molar-refractivity contribution < 1.29 is 14.3 Å². The summed E-state index contributed by atoms with van der Waals surface area (Å²) in [6.45, 7) is 5.50. The average molecular weight is 485 g/mol. The lowest BCUT2D eigenvalue weighted by molar-refractivity contribution is -0.155. The summed E-state index contributed by atoms with van der Waals surface area (Å²) in [5.74, 6) is 0.580. The molecule has 0 saturated carbocycles. The van der Waals surface area contributed by atoms with Crippen molar-refractivity contribution in [3.63, 3.8) is 0 Å². The molecule has 0 amide bonds. The first-order valence-electron chi connectivity index (χ1n) is 9.81. The number of pyridine rings is 1. The SMILES string of the molecule is COc1ccc(CC(Nc2ncc(-c3ccccc3)nc2Br)C(=O)OC(C)(C)C)cn1. The molecule has 31 heavy (non-hydrogen) atoms. The molecule has 0 spiro atoms. The van der Waals surface area contributed by atoms with Crippen LogP contribution in [0.15, 0.2) is 59.5 Å². The van der Waals surface area contributed by atoms with Crippen LogP contribution in [-0.4, -0.2) is 39.7 Å². The van der Waals surface area contributed by atoms with Crippen molar-refractivity contribution >= 4 is 27.7 Å². The number of hydrogen-bond donors (Lipinski definition) is 1. The van der Waals surface area contributed by atoms with Gasteiger partial charge >= 0.3 is 5.97 Å². The zero-order chi connectivity index (χ0) is 22.4. The second-order valence-electron chi connectivity index (χ2n) is 7.90. The number of ether oxygens (including phenoxy) is 2. The highest BCUT2D eigenvalue weighted by atomic mass is 79.9. The van der Waals surface area contributed by atoms with Crippen LogP contribution in [0.2, 0.25) is 0 Å². The maximum atomic E-state index is 12.9. The third-order valence-electron chi connectivity index (χ3n) is 4.25. The predicted molar refractivity (Wildman–Crippen MR) is 123 cm³/mol. The van der Waals surface area contributed by atoms with Gasteiger partial charge in [-0.2, -0.15) is 0 Å². The quantitative estimate of drug-likeness (QED) is 0.487. The summed E-state index contributed by atoms with van der Waals surface area (Å²) >= 11 is 3.47. The molecule has 162 valence electrons. The third kappa shape index (κ3) is 6.49. The molecule has 0 aliphatic carbocycles. The predicted octanol–water partition coefficient (Wildman–Crippen LogP) is 4.67. The van der Waals surface area contributed by atoms with Crippen LogP contribution >= 0.6 is 15.9 Å². The molecular formula is C23H25BrN4O3. The van der Waals surface area contributed by atoms with Gasteiger partial charge in [0.2, 0.25) is 5.88 Å². The van der Waals surface area contributed by atoms with Crippen LogP contribution in [0, 0.1) is 0 Å². The van der Waals surface area contributed by atoms with E-state index in [1.54, 1.807) is 25.6 Å². The zero-order valence-electron chi connectivity index (χ0n) is 17.9. The van der Waals surface area contributed by atoms with Gasteiger partial charge in [0.05, 0.1) is 19.0 Å². The third-order valence-corrected chi connectivity index (χ3v) is 4.80. The number of esters is 1. The van der Waals surface area contributed by atoms with Gasteiger partial charge in [-0.25, -0.2) is 19.7 Å². The normalized spacial score (nSPS) is 12.2. The second-order valence-corrected chi connectivity index (χ2v) is 8.66. The number of nitrogens with zero attached hydrogens (tertiary/aromatic N) is 3. The van der Waals surface area contributed by atoms with Gasteiger partial charge in [-0.05, 0) is 42.3 Å². The minimum Gasteiger partial charge on any atom is -0.481 e. The van der Waals surface area contributed by atoms with Crippen LogP contribution in [0.25, 0.3) is 11.3 Å². The second kappa shape index (κ2) is 9.87. The number of aromatic nitrogens is 3. The molecule has 2 heterocycles. The Labute approximate surface area is 190 Å². The number of halogens is 1. The summed E-state index contributed by atoms with van der Waals surface area (Å²) in [4.78, 5) is 26.2. The van der Waals surface area contributed by atoms with E-state index in [1.807, 2.05) is 57.2 Å². The van der Waals surface area contributed by atoms with Crippen molar-refractivity contribution in [1.82, 2.24) is 15.0 Å². The first-order chi connectivity index (χ1) is 14.7. The van der Waals surface area contributed by atoms with Crippen LogP contribution in [-0.2, 0) is 16.0 Å². The van der Waals surface area contributed by atoms with E-state index in [1.165, 1.54) is 0 Å². The maximum absolute atomic E-state index is 12.9. The molecule has 1 aromatic carbocycles. The fourth-order valence-electron chi connectivity index (χ4n) is 2.83. The Morgan fingerprint density at radius 1 is 1.10 bits per heavy atom. The van der Waals surface area contributed by atoms with E-state index in [0.29, 0.717) is 22.7 Å². The van der Waals surface area contributed by atoms with E-state index in [0.717, 1.165) is 16.8 Å². The molecule has 0 aliphatic rings. The number of benzene rings is 1. The molecule has 1 unspecified atom stereocenters. The summed E-state index contributed by atoms with van der Waals surface area (Å²) in [6, 6.07) is 12.7. The number of carbonyl (C=O) groups excluding carboxylic acids is 1. The molecule has 0 radical (unpaired) electrons. The first-order valence-corrected chi connectivity index (χ1v) is 10.6. The van der Waals surface area contributed by atoms with Crippen molar-refractivity contribution in [1.29, 1.82) is 0 Å². The summed E-state index contributed by atoms with van der Waals surface area (Å²) in [7, 11) is 1.56. The number of anilines is 1. The van der Waals surface area contributed by atoms with E-state index in [9.17, 15) is 4.79 Å². The molecule has 7 nitrogen and oxygen atoms in total. The zero-order valence-corrected chi connectivity index (χ0v) is 19.5. The number of nitrogens with one attached hydrogen (secondary N) is 1. The molecule has 0 aliphatic heterocycles. The number of carbonyl (C=O) groups is 1. The summed E-state index contributed by atoms with van der Waals surface area (Å²) in [6.07, 6.45) is 3.71. The summed E-state index contributed by atoms with van der Waals surface area (Å²) < 4.78 is 11.2. The minimum atomic E-state index is -0.678. The van der Waals surface area contributed by atoms with Gasteiger partial charge in [0, 0.05) is 24.2 Å². The fourth-order valence-corrected chi connectivity index (χ4v) is 3.24. The van der Waals surface area contributed by atoms with E-state index >= 15 is 0 Å². The lowest BCUT2D eigenvalue weighted by Crippen LogP contribution is -2.38. The Morgan fingerprint density at radius 3 is 2.42 bits per heavy atom. The van der Waals surface area contributed by atoms with Crippen LogP contribution < -0.4 is 10.1 Å². The van der Waals surface area contributed by atoms with E-state index in [-0.39, 0.29) is 5.97 Å². The Bertz CT molecular complexity index is 1020. The van der Waals surface area contributed by atoms with Gasteiger partial charge in [0.15, 0.2) is 5.82 Å². The highest BCUT2D eigenvalue weighted by Gasteiger charge is 2.27. The molecule has 0 saturated heterocycles. The van der Waals surface area contributed by atoms with Crippen molar-refractivity contribution in [3.8, 4) is 17.1 Å². The van der Waals surface area contributed by atoms with Gasteiger partial charge in [-0.1, -0.05) is 36.4 Å². The number of hydrogen-bond acceptors (Lipinski definition) is 7. The lowest BCUT2D eigenvalue weighted by Gasteiger charge is -2.25. The van der Waals surface area contributed by atoms with E-state index < -0.39 is 11.6 Å². The fraction of sp³-hybridized carbons (Fsp3) is 0.304. The van der Waals surface area contributed by atoms with Crippen molar-refractivity contribution in [3.05, 3.63) is 65.0 Å². The van der Waals surface area contributed by atoms with Crippen LogP contribution in [0.5, 0.6) is 5.88 Å². The molecule has 2 aromatic heterocycles. The summed E-state index contributed by atoms with van der Waals surface area (Å²) in [5.41, 5.74) is 1.92. The average Bonchev–Trinajstić information content (AvgIpc) is 2.74. The molecule has 3 rings (SSSR count). The van der Waals surface area contributed by atoms with Gasteiger partial charge < -0.3 is 14.8 Å². The molecule has 0 fully saturated rings. The van der Waals surface area contributed by atoms with Crippen molar-refractivity contribution in [2.45, 2.75) is 38.8 Å². The molecule has 0 bridgehead atoms. The maximum Gasteiger partial charge on any atom is 0.329 e. The minimum absolute atomic E-state index is 0.362. The first kappa shape index (κ1) is 22.7. The summed E-state index contributed by atoms with van der Waals surface area (Å²) in [5, 5.41) is 3.17. The smallest absolute Gasteiger partial charge is 0.329 e. The van der Waals surface area contributed by atoms with Crippen molar-refractivity contribution in [2.75, 3.05) is 12.4 Å². The molecule has 8 heteroatoms. The Morgan fingerprint density at radius 2 is 1.84 bits per heavy atom. The van der Waals surface area contributed by atoms with Crippen LogP contribution in [0.4, 0.5) is 5.82 Å². The van der Waals surface area contributed by atoms with Crippen LogP contribution in [0.3, 0.4) is 0 Å². The Hall–Kier alpha value is -3.00. The molecule has 1 N–H and O–H groups in total. The lowest BCUT2D eigenvalue weighted by atomic mass is 10.1. The van der Waals surface area contributed by atoms with E-state index in [4.69, 9.17) is 9.47 Å². The molecule has 1 atom stereocenters. The number of rotatable bonds is 7. The Kier molecular flexibility index (Phi) is 7.22. The monoisotopic (exact) mass is 484 g/mol. The molecular weight excluding hydrogens is 460 g/mol. The van der Waals surface area contributed by atoms with Crippen LogP contribution in [0.1, 0.15) is 26.3 Å². The van der Waals surface area contributed by atoms with Gasteiger partial charge in [0.25, 0.3) is 0 Å². The van der Waals surface area contributed by atoms with E-state index in [2.05, 4.69) is 36.2 Å². The highest BCUT2D eigenvalue weighted by Crippen LogP contribution is 2.24. The largest absolute Gasteiger partial charge is 0.481 e. The van der Waals surface area contributed by atoms with Gasteiger partial charge in [0.1, 0.15) is 16.2 Å². The number of methoxy groups -OCH3 is 1.